The van der Waals surface area contributed by atoms with E-state index in [0.29, 0.717) is 11.5 Å². The molecule has 0 spiro atoms. The zero-order chi connectivity index (χ0) is 12.4. The third kappa shape index (κ3) is 2.38. The fourth-order valence-corrected chi connectivity index (χ4v) is 1.97. The predicted octanol–water partition coefficient (Wildman–Crippen LogP) is 1.09. The van der Waals surface area contributed by atoms with Gasteiger partial charge in [0.2, 0.25) is 5.95 Å². The van der Waals surface area contributed by atoms with Gasteiger partial charge >= 0.3 is 0 Å². The van der Waals surface area contributed by atoms with Crippen molar-refractivity contribution in [3.05, 3.63) is 17.5 Å². The standard InChI is InChI=1S/C12H18N4O/c1-9-10(8-13-12(14-9)15(2)3)11(17)16-6-4-5-7-16/h8H,4-7H2,1-3H3. The maximum atomic E-state index is 12.2. The van der Waals surface area contributed by atoms with Crippen molar-refractivity contribution in [1.29, 1.82) is 0 Å². The van der Waals surface area contributed by atoms with Gasteiger partial charge < -0.3 is 9.80 Å². The molecule has 5 heteroatoms. The van der Waals surface area contributed by atoms with Crippen LogP contribution in [0.1, 0.15) is 28.9 Å². The summed E-state index contributed by atoms with van der Waals surface area (Å²) in [7, 11) is 3.77. The highest BCUT2D eigenvalue weighted by Gasteiger charge is 2.22. The van der Waals surface area contributed by atoms with Crippen LogP contribution in [0.4, 0.5) is 5.95 Å². The van der Waals surface area contributed by atoms with Crippen molar-refractivity contribution < 1.29 is 4.79 Å². The molecule has 1 saturated heterocycles. The Kier molecular flexibility index (Phi) is 3.26. The zero-order valence-corrected chi connectivity index (χ0v) is 10.6. The molecule has 1 fully saturated rings. The molecule has 5 nitrogen and oxygen atoms in total. The quantitative estimate of drug-likeness (QED) is 0.768. The fraction of sp³-hybridized carbons (Fsp3) is 0.583. The molecule has 0 saturated carbocycles. The first-order valence-electron chi connectivity index (χ1n) is 5.90. The number of aromatic nitrogens is 2. The fourth-order valence-electron chi connectivity index (χ4n) is 1.97. The van der Waals surface area contributed by atoms with Crippen molar-refractivity contribution in [3.63, 3.8) is 0 Å². The highest BCUT2D eigenvalue weighted by Crippen LogP contribution is 2.15. The van der Waals surface area contributed by atoms with E-state index in [0.717, 1.165) is 31.6 Å². The molecular weight excluding hydrogens is 216 g/mol. The van der Waals surface area contributed by atoms with Gasteiger partial charge in [-0.25, -0.2) is 9.97 Å². The molecule has 0 radical (unpaired) electrons. The monoisotopic (exact) mass is 234 g/mol. The Morgan fingerprint density at radius 1 is 1.35 bits per heavy atom. The van der Waals surface area contributed by atoms with E-state index in [-0.39, 0.29) is 5.91 Å². The number of anilines is 1. The van der Waals surface area contributed by atoms with Crippen LogP contribution in [-0.4, -0.2) is 48.0 Å². The number of aryl methyl sites for hydroxylation is 1. The molecule has 92 valence electrons. The minimum Gasteiger partial charge on any atom is -0.347 e. The summed E-state index contributed by atoms with van der Waals surface area (Å²) in [6, 6.07) is 0. The van der Waals surface area contributed by atoms with Crippen LogP contribution >= 0.6 is 0 Å². The van der Waals surface area contributed by atoms with Gasteiger partial charge in [-0.1, -0.05) is 0 Å². The first kappa shape index (κ1) is 11.8. The van der Waals surface area contributed by atoms with E-state index >= 15 is 0 Å². The SMILES string of the molecule is Cc1nc(N(C)C)ncc1C(=O)N1CCCC1. The summed E-state index contributed by atoms with van der Waals surface area (Å²) < 4.78 is 0. The van der Waals surface area contributed by atoms with Crippen LogP contribution in [0.3, 0.4) is 0 Å². The van der Waals surface area contributed by atoms with E-state index in [4.69, 9.17) is 0 Å². The van der Waals surface area contributed by atoms with E-state index in [1.807, 2.05) is 30.8 Å². The van der Waals surface area contributed by atoms with Gasteiger partial charge in [-0.2, -0.15) is 0 Å². The molecule has 1 aromatic rings. The van der Waals surface area contributed by atoms with Gasteiger partial charge in [-0.05, 0) is 19.8 Å². The average Bonchev–Trinajstić information content (AvgIpc) is 2.81. The molecule has 17 heavy (non-hydrogen) atoms. The molecule has 0 atom stereocenters. The lowest BCUT2D eigenvalue weighted by Crippen LogP contribution is -2.29. The number of hydrogen-bond acceptors (Lipinski definition) is 4. The van der Waals surface area contributed by atoms with Gasteiger partial charge in [0.1, 0.15) is 0 Å². The van der Waals surface area contributed by atoms with Crippen LogP contribution in [0, 0.1) is 6.92 Å². The van der Waals surface area contributed by atoms with Crippen molar-refractivity contribution in [1.82, 2.24) is 14.9 Å². The first-order valence-corrected chi connectivity index (χ1v) is 5.90. The summed E-state index contributed by atoms with van der Waals surface area (Å²) in [6.45, 7) is 3.57. The van der Waals surface area contributed by atoms with Crippen LogP contribution in [0.15, 0.2) is 6.20 Å². The van der Waals surface area contributed by atoms with E-state index < -0.39 is 0 Å². The van der Waals surface area contributed by atoms with Crippen molar-refractivity contribution >= 4 is 11.9 Å². The molecule has 2 heterocycles. The van der Waals surface area contributed by atoms with Crippen LogP contribution in [0.5, 0.6) is 0 Å². The number of likely N-dealkylation sites (tertiary alicyclic amines) is 1. The van der Waals surface area contributed by atoms with Gasteiger partial charge in [-0.15, -0.1) is 0 Å². The van der Waals surface area contributed by atoms with E-state index in [1.165, 1.54) is 0 Å². The molecule has 1 amide bonds. The molecule has 1 aromatic heterocycles. The second-order valence-electron chi connectivity index (χ2n) is 4.56. The summed E-state index contributed by atoms with van der Waals surface area (Å²) in [5.74, 6) is 0.700. The van der Waals surface area contributed by atoms with Gasteiger partial charge in [0.25, 0.3) is 5.91 Å². The molecule has 0 aliphatic carbocycles. The third-order valence-corrected chi connectivity index (χ3v) is 2.99. The summed E-state index contributed by atoms with van der Waals surface area (Å²) in [5, 5.41) is 0. The van der Waals surface area contributed by atoms with Crippen LogP contribution < -0.4 is 4.90 Å². The second-order valence-corrected chi connectivity index (χ2v) is 4.56. The van der Waals surface area contributed by atoms with Gasteiger partial charge in [-0.3, -0.25) is 4.79 Å². The number of carbonyl (C=O) groups excluding carboxylic acids is 1. The number of carbonyl (C=O) groups is 1. The zero-order valence-electron chi connectivity index (χ0n) is 10.6. The summed E-state index contributed by atoms with van der Waals surface area (Å²) in [6.07, 6.45) is 3.83. The second kappa shape index (κ2) is 4.69. The Morgan fingerprint density at radius 2 is 2.00 bits per heavy atom. The molecule has 0 aromatic carbocycles. The maximum Gasteiger partial charge on any atom is 0.257 e. The Labute approximate surface area is 101 Å². The summed E-state index contributed by atoms with van der Waals surface area (Å²) in [4.78, 5) is 24.4. The lowest BCUT2D eigenvalue weighted by atomic mass is 10.2. The van der Waals surface area contributed by atoms with Crippen LogP contribution in [-0.2, 0) is 0 Å². The minimum atomic E-state index is 0.0605. The van der Waals surface area contributed by atoms with E-state index in [2.05, 4.69) is 9.97 Å². The number of hydrogen-bond donors (Lipinski definition) is 0. The number of nitrogens with zero attached hydrogens (tertiary/aromatic N) is 4. The van der Waals surface area contributed by atoms with Crippen molar-refractivity contribution in [2.45, 2.75) is 19.8 Å². The van der Waals surface area contributed by atoms with Gasteiger partial charge in [0.05, 0.1) is 11.3 Å². The maximum absolute atomic E-state index is 12.2. The lowest BCUT2D eigenvalue weighted by Gasteiger charge is -2.17. The normalized spacial score (nSPS) is 15.1. The van der Waals surface area contributed by atoms with E-state index in [1.54, 1.807) is 6.20 Å². The van der Waals surface area contributed by atoms with Crippen molar-refractivity contribution in [2.24, 2.45) is 0 Å². The largest absolute Gasteiger partial charge is 0.347 e. The number of amides is 1. The predicted molar refractivity (Wildman–Crippen MR) is 66.2 cm³/mol. The Bertz CT molecular complexity index is 425. The Morgan fingerprint density at radius 3 is 2.53 bits per heavy atom. The topological polar surface area (TPSA) is 49.3 Å². The molecule has 1 aliphatic rings. The smallest absolute Gasteiger partial charge is 0.257 e. The lowest BCUT2D eigenvalue weighted by molar-refractivity contribution is 0.0791. The Balaban J connectivity index is 2.23. The number of rotatable bonds is 2. The minimum absolute atomic E-state index is 0.0605. The van der Waals surface area contributed by atoms with E-state index in [9.17, 15) is 4.79 Å². The summed E-state index contributed by atoms with van der Waals surface area (Å²) in [5.41, 5.74) is 1.37. The van der Waals surface area contributed by atoms with Crippen LogP contribution in [0.25, 0.3) is 0 Å². The van der Waals surface area contributed by atoms with Crippen molar-refractivity contribution in [2.75, 3.05) is 32.1 Å². The molecule has 2 rings (SSSR count). The molecule has 0 N–H and O–H groups in total. The van der Waals surface area contributed by atoms with Gasteiger partial charge in [0.15, 0.2) is 0 Å². The Hall–Kier alpha value is -1.65. The molecule has 0 bridgehead atoms. The summed E-state index contributed by atoms with van der Waals surface area (Å²) >= 11 is 0. The highest BCUT2D eigenvalue weighted by atomic mass is 16.2. The first-order chi connectivity index (χ1) is 8.09. The third-order valence-electron chi connectivity index (χ3n) is 2.99. The van der Waals surface area contributed by atoms with Crippen LogP contribution in [0.2, 0.25) is 0 Å². The highest BCUT2D eigenvalue weighted by molar-refractivity contribution is 5.95. The molecule has 0 unspecified atom stereocenters. The molecule has 1 aliphatic heterocycles. The van der Waals surface area contributed by atoms with Crippen molar-refractivity contribution in [3.8, 4) is 0 Å². The average molecular weight is 234 g/mol. The molecular formula is C12H18N4O. The van der Waals surface area contributed by atoms with Gasteiger partial charge in [0, 0.05) is 33.4 Å².